The minimum absolute atomic E-state index is 0.0210. The van der Waals surface area contributed by atoms with E-state index in [-0.39, 0.29) is 5.91 Å². The Morgan fingerprint density at radius 2 is 2.10 bits per heavy atom. The highest BCUT2D eigenvalue weighted by Crippen LogP contribution is 2.15. The second-order valence-corrected chi connectivity index (χ2v) is 5.02. The maximum absolute atomic E-state index is 12.4. The number of carbonyl (C=O) groups is 1. The molecule has 2 aromatic heterocycles. The van der Waals surface area contributed by atoms with Gasteiger partial charge in [0.1, 0.15) is 0 Å². The van der Waals surface area contributed by atoms with Gasteiger partial charge in [-0.15, -0.1) is 0 Å². The molecule has 2 aromatic rings. The van der Waals surface area contributed by atoms with E-state index in [1.807, 2.05) is 32.5 Å². The Balaban J connectivity index is 2.15. The van der Waals surface area contributed by atoms with Crippen molar-refractivity contribution in [1.82, 2.24) is 24.5 Å². The number of hydrogen-bond acceptors (Lipinski definition) is 3. The first-order valence-electron chi connectivity index (χ1n) is 6.71. The third-order valence-corrected chi connectivity index (χ3v) is 3.61. The standard InChI is InChI=1S/C14H21N5O/c1-6-19-8-12(7-15-19)14(20)17(4)9-13-10(2)16-18(5)11(13)3/h7-8H,6,9H2,1-5H3. The maximum atomic E-state index is 12.4. The van der Waals surface area contributed by atoms with Crippen molar-refractivity contribution < 1.29 is 4.79 Å². The summed E-state index contributed by atoms with van der Waals surface area (Å²) in [5.41, 5.74) is 3.78. The van der Waals surface area contributed by atoms with E-state index in [4.69, 9.17) is 0 Å². The maximum Gasteiger partial charge on any atom is 0.257 e. The molecule has 2 heterocycles. The van der Waals surface area contributed by atoms with Gasteiger partial charge in [0, 0.05) is 44.6 Å². The van der Waals surface area contributed by atoms with Crippen molar-refractivity contribution in [3.63, 3.8) is 0 Å². The van der Waals surface area contributed by atoms with Crippen molar-refractivity contribution in [2.24, 2.45) is 7.05 Å². The van der Waals surface area contributed by atoms with Gasteiger partial charge < -0.3 is 4.90 Å². The second-order valence-electron chi connectivity index (χ2n) is 5.02. The molecule has 6 heteroatoms. The van der Waals surface area contributed by atoms with Gasteiger partial charge in [0.25, 0.3) is 5.91 Å². The summed E-state index contributed by atoms with van der Waals surface area (Å²) in [6.45, 7) is 7.30. The van der Waals surface area contributed by atoms with Crippen molar-refractivity contribution in [2.75, 3.05) is 7.05 Å². The predicted octanol–water partition coefficient (Wildman–Crippen LogP) is 1.53. The Morgan fingerprint density at radius 1 is 1.40 bits per heavy atom. The molecule has 0 aliphatic heterocycles. The predicted molar refractivity (Wildman–Crippen MR) is 76.4 cm³/mol. The molecule has 20 heavy (non-hydrogen) atoms. The van der Waals surface area contributed by atoms with E-state index in [0.29, 0.717) is 12.1 Å². The van der Waals surface area contributed by atoms with Gasteiger partial charge in [-0.1, -0.05) is 0 Å². The molecule has 0 atom stereocenters. The monoisotopic (exact) mass is 275 g/mol. The highest BCUT2D eigenvalue weighted by Gasteiger charge is 2.17. The molecule has 0 saturated heterocycles. The average molecular weight is 275 g/mol. The molecular weight excluding hydrogens is 254 g/mol. The van der Waals surface area contributed by atoms with Crippen molar-refractivity contribution in [2.45, 2.75) is 33.9 Å². The minimum Gasteiger partial charge on any atom is -0.337 e. The summed E-state index contributed by atoms with van der Waals surface area (Å²) >= 11 is 0. The van der Waals surface area contributed by atoms with E-state index in [1.54, 1.807) is 29.0 Å². The van der Waals surface area contributed by atoms with Crippen LogP contribution in [0.3, 0.4) is 0 Å². The van der Waals surface area contributed by atoms with Gasteiger partial charge in [0.05, 0.1) is 17.5 Å². The fourth-order valence-corrected chi connectivity index (χ4v) is 2.22. The van der Waals surface area contributed by atoms with Crippen LogP contribution in [0.5, 0.6) is 0 Å². The fourth-order valence-electron chi connectivity index (χ4n) is 2.22. The van der Waals surface area contributed by atoms with E-state index < -0.39 is 0 Å². The van der Waals surface area contributed by atoms with Crippen molar-refractivity contribution in [3.8, 4) is 0 Å². The number of hydrogen-bond donors (Lipinski definition) is 0. The van der Waals surface area contributed by atoms with Crippen LogP contribution in [-0.4, -0.2) is 37.4 Å². The van der Waals surface area contributed by atoms with Gasteiger partial charge in [-0.2, -0.15) is 10.2 Å². The molecule has 0 aromatic carbocycles. The van der Waals surface area contributed by atoms with Crippen molar-refractivity contribution >= 4 is 5.91 Å². The molecule has 108 valence electrons. The molecule has 0 fully saturated rings. The van der Waals surface area contributed by atoms with Gasteiger partial charge in [-0.05, 0) is 20.8 Å². The molecule has 1 amide bonds. The summed E-state index contributed by atoms with van der Waals surface area (Å²) in [5.74, 6) is -0.0210. The lowest BCUT2D eigenvalue weighted by atomic mass is 10.2. The summed E-state index contributed by atoms with van der Waals surface area (Å²) in [6.07, 6.45) is 3.40. The van der Waals surface area contributed by atoms with E-state index in [9.17, 15) is 4.79 Å². The zero-order chi connectivity index (χ0) is 14.9. The van der Waals surface area contributed by atoms with Gasteiger partial charge in [-0.25, -0.2) is 0 Å². The lowest BCUT2D eigenvalue weighted by Crippen LogP contribution is -2.26. The quantitative estimate of drug-likeness (QED) is 0.850. The van der Waals surface area contributed by atoms with Crippen LogP contribution in [0.25, 0.3) is 0 Å². The van der Waals surface area contributed by atoms with E-state index in [1.165, 1.54) is 0 Å². The zero-order valence-corrected chi connectivity index (χ0v) is 12.7. The summed E-state index contributed by atoms with van der Waals surface area (Å²) < 4.78 is 3.60. The van der Waals surface area contributed by atoms with Crippen LogP contribution < -0.4 is 0 Å². The van der Waals surface area contributed by atoms with E-state index in [0.717, 1.165) is 23.5 Å². The summed E-state index contributed by atoms with van der Waals surface area (Å²) in [5, 5.41) is 8.51. The number of aromatic nitrogens is 4. The number of aryl methyl sites for hydroxylation is 3. The number of amides is 1. The Hall–Kier alpha value is -2.11. The lowest BCUT2D eigenvalue weighted by Gasteiger charge is -2.16. The molecule has 0 saturated carbocycles. The third-order valence-electron chi connectivity index (χ3n) is 3.61. The highest BCUT2D eigenvalue weighted by atomic mass is 16.2. The molecule has 2 rings (SSSR count). The van der Waals surface area contributed by atoms with E-state index >= 15 is 0 Å². The topological polar surface area (TPSA) is 56.0 Å². The molecule has 0 aliphatic rings. The first kappa shape index (κ1) is 14.3. The van der Waals surface area contributed by atoms with Crippen molar-refractivity contribution in [1.29, 1.82) is 0 Å². The van der Waals surface area contributed by atoms with Crippen LogP contribution in [0, 0.1) is 13.8 Å². The molecular formula is C14H21N5O. The SMILES string of the molecule is CCn1cc(C(=O)N(C)Cc2c(C)nn(C)c2C)cn1. The Bertz CT molecular complexity index is 626. The molecule has 0 aliphatic carbocycles. The van der Waals surface area contributed by atoms with Crippen molar-refractivity contribution in [3.05, 3.63) is 34.9 Å². The van der Waals surface area contributed by atoms with Gasteiger partial charge in [-0.3, -0.25) is 14.2 Å². The van der Waals surface area contributed by atoms with Crippen LogP contribution in [0.2, 0.25) is 0 Å². The molecule has 0 radical (unpaired) electrons. The first-order valence-corrected chi connectivity index (χ1v) is 6.71. The zero-order valence-electron chi connectivity index (χ0n) is 12.7. The van der Waals surface area contributed by atoms with Gasteiger partial charge in [0.2, 0.25) is 0 Å². The molecule has 0 spiro atoms. The molecule has 0 N–H and O–H groups in total. The summed E-state index contributed by atoms with van der Waals surface area (Å²) in [4.78, 5) is 14.1. The van der Waals surface area contributed by atoms with Crippen LogP contribution in [-0.2, 0) is 20.1 Å². The summed E-state index contributed by atoms with van der Waals surface area (Å²) in [6, 6.07) is 0. The fraction of sp³-hybridized carbons (Fsp3) is 0.500. The average Bonchev–Trinajstić information content (AvgIpc) is 2.98. The third kappa shape index (κ3) is 2.59. The normalized spacial score (nSPS) is 10.8. The molecule has 0 bridgehead atoms. The van der Waals surface area contributed by atoms with Gasteiger partial charge in [0.15, 0.2) is 0 Å². The Morgan fingerprint density at radius 3 is 2.60 bits per heavy atom. The van der Waals surface area contributed by atoms with Gasteiger partial charge >= 0.3 is 0 Å². The van der Waals surface area contributed by atoms with E-state index in [2.05, 4.69) is 10.2 Å². The smallest absolute Gasteiger partial charge is 0.257 e. The second kappa shape index (κ2) is 5.48. The Kier molecular flexibility index (Phi) is 3.92. The summed E-state index contributed by atoms with van der Waals surface area (Å²) in [7, 11) is 3.72. The number of carbonyl (C=O) groups excluding carboxylic acids is 1. The molecule has 6 nitrogen and oxygen atoms in total. The lowest BCUT2D eigenvalue weighted by molar-refractivity contribution is 0.0784. The minimum atomic E-state index is -0.0210. The van der Waals surface area contributed by atoms with Crippen LogP contribution in [0.1, 0.15) is 34.2 Å². The highest BCUT2D eigenvalue weighted by molar-refractivity contribution is 5.93. The largest absolute Gasteiger partial charge is 0.337 e. The number of rotatable bonds is 4. The number of nitrogens with zero attached hydrogens (tertiary/aromatic N) is 5. The molecule has 0 unspecified atom stereocenters. The van der Waals surface area contributed by atoms with Crippen LogP contribution in [0.15, 0.2) is 12.4 Å². The van der Waals surface area contributed by atoms with Crippen LogP contribution >= 0.6 is 0 Å². The van der Waals surface area contributed by atoms with Crippen LogP contribution in [0.4, 0.5) is 0 Å². The first-order chi connectivity index (χ1) is 9.43. The Labute approximate surface area is 119 Å².